The van der Waals surface area contributed by atoms with E-state index in [9.17, 15) is 5.11 Å². The quantitative estimate of drug-likeness (QED) is 0.789. The van der Waals surface area contributed by atoms with E-state index in [1.54, 1.807) is 5.23 Å². The Morgan fingerprint density at radius 2 is 2.00 bits per heavy atom. The van der Waals surface area contributed by atoms with E-state index in [2.05, 4.69) is 26.9 Å². The monoisotopic (exact) mass is 273 g/mol. The summed E-state index contributed by atoms with van der Waals surface area (Å²) in [6.45, 7) is 9.32. The van der Waals surface area contributed by atoms with Gasteiger partial charge in [-0.25, -0.2) is 0 Å². The molecule has 3 aliphatic heterocycles. The van der Waals surface area contributed by atoms with Crippen molar-refractivity contribution in [1.29, 1.82) is 0 Å². The molecular formula is C12H23NO4Si. The third kappa shape index (κ3) is 1.24. The van der Waals surface area contributed by atoms with Gasteiger partial charge in [-0.1, -0.05) is 19.1 Å². The molecule has 1 N–H and O–H groups in total. The average molecular weight is 273 g/mol. The van der Waals surface area contributed by atoms with E-state index >= 15 is 0 Å². The van der Waals surface area contributed by atoms with Crippen LogP contribution in [-0.2, 0) is 14.1 Å². The summed E-state index contributed by atoms with van der Waals surface area (Å²) in [6.07, 6.45) is 1.67. The summed E-state index contributed by atoms with van der Waals surface area (Å²) in [5, 5.41) is 11.6. The fraction of sp³-hybridized carbons (Fsp3) is 1.00. The van der Waals surface area contributed by atoms with Gasteiger partial charge >= 0.3 is 0 Å². The summed E-state index contributed by atoms with van der Waals surface area (Å²) in [7, 11) is -1.85. The molecule has 0 spiro atoms. The second-order valence-electron chi connectivity index (χ2n) is 6.22. The van der Waals surface area contributed by atoms with Gasteiger partial charge in [-0.2, -0.15) is 0 Å². The van der Waals surface area contributed by atoms with Gasteiger partial charge in [0.05, 0.1) is 13.2 Å². The van der Waals surface area contributed by atoms with Gasteiger partial charge in [0.25, 0.3) is 0 Å². The fourth-order valence-electron chi connectivity index (χ4n) is 3.99. The molecule has 0 radical (unpaired) electrons. The predicted octanol–water partition coefficient (Wildman–Crippen LogP) is 1.44. The van der Waals surface area contributed by atoms with Crippen LogP contribution in [0.3, 0.4) is 0 Å². The van der Waals surface area contributed by atoms with Gasteiger partial charge in [0.2, 0.25) is 0 Å². The second kappa shape index (κ2) is 3.77. The van der Waals surface area contributed by atoms with E-state index in [-0.39, 0.29) is 23.9 Å². The van der Waals surface area contributed by atoms with Crippen LogP contribution in [0.2, 0.25) is 18.6 Å². The molecule has 18 heavy (non-hydrogen) atoms. The Bertz CT molecular complexity index is 360. The lowest BCUT2D eigenvalue weighted by atomic mass is 9.79. The molecule has 3 saturated heterocycles. The molecule has 104 valence electrons. The van der Waals surface area contributed by atoms with E-state index in [0.29, 0.717) is 6.61 Å². The molecule has 3 rings (SSSR count). The third-order valence-electron chi connectivity index (χ3n) is 5.21. The molecule has 0 amide bonds. The fourth-order valence-corrected chi connectivity index (χ4v) is 7.21. The van der Waals surface area contributed by atoms with Crippen LogP contribution in [0.4, 0.5) is 0 Å². The van der Waals surface area contributed by atoms with Crippen LogP contribution < -0.4 is 0 Å². The Morgan fingerprint density at radius 1 is 1.33 bits per heavy atom. The Balaban J connectivity index is 2.09. The minimum Gasteiger partial charge on any atom is -0.409 e. The van der Waals surface area contributed by atoms with Gasteiger partial charge < -0.3 is 9.53 Å². The van der Waals surface area contributed by atoms with Crippen LogP contribution in [-0.4, -0.2) is 49.1 Å². The van der Waals surface area contributed by atoms with Crippen molar-refractivity contribution >= 4 is 8.32 Å². The lowest BCUT2D eigenvalue weighted by Crippen LogP contribution is -2.52. The van der Waals surface area contributed by atoms with Crippen molar-refractivity contribution in [2.45, 2.75) is 62.6 Å². The van der Waals surface area contributed by atoms with Crippen molar-refractivity contribution in [1.82, 2.24) is 5.23 Å². The van der Waals surface area contributed by atoms with Crippen LogP contribution in [0.5, 0.6) is 0 Å². The molecule has 3 atom stereocenters. The van der Waals surface area contributed by atoms with Gasteiger partial charge in [-0.3, -0.25) is 9.68 Å². The van der Waals surface area contributed by atoms with Crippen molar-refractivity contribution in [2.75, 3.05) is 13.2 Å². The summed E-state index contributed by atoms with van der Waals surface area (Å²) in [4.78, 5) is 11.7. The molecule has 0 aromatic rings. The summed E-state index contributed by atoms with van der Waals surface area (Å²) in [6, 6.07) is 0. The van der Waals surface area contributed by atoms with Gasteiger partial charge in [0.15, 0.2) is 8.32 Å². The molecule has 0 saturated carbocycles. The van der Waals surface area contributed by atoms with E-state index in [0.717, 1.165) is 12.8 Å². The minimum atomic E-state index is -1.85. The molecule has 0 bridgehead atoms. The molecule has 0 aromatic carbocycles. The number of hydrogen-bond acceptors (Lipinski definition) is 5. The SMILES string of the molecule is CCC1(CC)ON2OC[C@H]3[C@]2(CO)[C@@H]1O[Si]3(C)C. The van der Waals surface area contributed by atoms with Crippen LogP contribution in [0.15, 0.2) is 0 Å². The number of hydrogen-bond donors (Lipinski definition) is 1. The molecule has 3 fully saturated rings. The number of aliphatic hydroxyl groups is 1. The summed E-state index contributed by atoms with van der Waals surface area (Å²) in [5.74, 6) is 0. The molecule has 0 aliphatic carbocycles. The largest absolute Gasteiger partial charge is 0.409 e. The molecule has 3 aliphatic rings. The van der Waals surface area contributed by atoms with Crippen molar-refractivity contribution in [3.8, 4) is 0 Å². The predicted molar refractivity (Wildman–Crippen MR) is 68.1 cm³/mol. The highest BCUT2D eigenvalue weighted by Crippen LogP contribution is 2.61. The number of nitrogens with zero attached hydrogens (tertiary/aromatic N) is 1. The van der Waals surface area contributed by atoms with Gasteiger partial charge in [0.1, 0.15) is 17.2 Å². The zero-order chi connectivity index (χ0) is 13.2. The van der Waals surface area contributed by atoms with E-state index in [1.165, 1.54) is 0 Å². The molecule has 6 heteroatoms. The molecule has 3 heterocycles. The lowest BCUT2D eigenvalue weighted by molar-refractivity contribution is -0.379. The topological polar surface area (TPSA) is 51.2 Å². The number of rotatable bonds is 3. The van der Waals surface area contributed by atoms with Gasteiger partial charge in [0, 0.05) is 5.54 Å². The highest BCUT2D eigenvalue weighted by molar-refractivity contribution is 6.74. The zero-order valence-electron chi connectivity index (χ0n) is 11.6. The maximum atomic E-state index is 10.0. The van der Waals surface area contributed by atoms with Crippen molar-refractivity contribution < 1.29 is 19.2 Å². The first kappa shape index (κ1) is 13.0. The molecule has 0 unspecified atom stereocenters. The first-order chi connectivity index (χ1) is 8.47. The van der Waals surface area contributed by atoms with Crippen LogP contribution >= 0.6 is 0 Å². The number of hydroxylamine groups is 2. The first-order valence-electron chi connectivity index (χ1n) is 6.88. The van der Waals surface area contributed by atoms with E-state index in [1.807, 2.05) is 0 Å². The summed E-state index contributed by atoms with van der Waals surface area (Å²) < 4.78 is 6.43. The maximum Gasteiger partial charge on any atom is 0.195 e. The Morgan fingerprint density at radius 3 is 2.56 bits per heavy atom. The Hall–Kier alpha value is 0.0169. The smallest absolute Gasteiger partial charge is 0.195 e. The van der Waals surface area contributed by atoms with Crippen molar-refractivity contribution in [3.63, 3.8) is 0 Å². The third-order valence-corrected chi connectivity index (χ3v) is 8.40. The van der Waals surface area contributed by atoms with E-state index in [4.69, 9.17) is 14.1 Å². The lowest BCUT2D eigenvalue weighted by Gasteiger charge is -2.32. The highest BCUT2D eigenvalue weighted by atomic mass is 28.4. The molecule has 0 aromatic heterocycles. The normalized spacial score (nSPS) is 44.5. The standard InChI is InChI=1S/C12H23NO4Si/c1-5-11(6-2)10-12(8-14)9(18(3,4)16-10)7-15-13(12)17-11/h9-10,14H,5-8H2,1-4H3/t9-,10+,12+/m0/s1. The van der Waals surface area contributed by atoms with Crippen molar-refractivity contribution in [2.24, 2.45) is 0 Å². The highest BCUT2D eigenvalue weighted by Gasteiger charge is 2.77. The molecule has 5 nitrogen and oxygen atoms in total. The zero-order valence-corrected chi connectivity index (χ0v) is 12.6. The maximum absolute atomic E-state index is 10.0. The first-order valence-corrected chi connectivity index (χ1v) is 9.86. The van der Waals surface area contributed by atoms with Gasteiger partial charge in [-0.15, -0.1) is 0 Å². The van der Waals surface area contributed by atoms with Crippen LogP contribution in [0.25, 0.3) is 0 Å². The summed E-state index contributed by atoms with van der Waals surface area (Å²) in [5.41, 5.74) is -0.538. The summed E-state index contributed by atoms with van der Waals surface area (Å²) >= 11 is 0. The van der Waals surface area contributed by atoms with Gasteiger partial charge in [-0.05, 0) is 25.9 Å². The Labute approximate surface area is 109 Å². The van der Waals surface area contributed by atoms with Crippen molar-refractivity contribution in [3.05, 3.63) is 0 Å². The van der Waals surface area contributed by atoms with Crippen LogP contribution in [0.1, 0.15) is 26.7 Å². The second-order valence-corrected chi connectivity index (χ2v) is 10.4. The van der Waals surface area contributed by atoms with E-state index < -0.39 is 13.9 Å². The minimum absolute atomic E-state index is 0.0422. The molecular weight excluding hydrogens is 250 g/mol. The average Bonchev–Trinajstić information content (AvgIpc) is 2.91. The van der Waals surface area contributed by atoms with Crippen LogP contribution in [0, 0.1) is 0 Å². The number of aliphatic hydroxyl groups excluding tert-OH is 1. The Kier molecular flexibility index (Phi) is 2.73.